The second-order valence-corrected chi connectivity index (χ2v) is 8.71. The molecule has 0 aromatic carbocycles. The van der Waals surface area contributed by atoms with E-state index in [1.54, 1.807) is 6.92 Å². The first kappa shape index (κ1) is 15.6. The number of fused-ring (bicyclic) bond motifs is 5. The molecular formula is C20H28O3. The Bertz CT molecular complexity index is 592. The molecule has 3 fully saturated rings. The van der Waals surface area contributed by atoms with Crippen LogP contribution in [-0.4, -0.2) is 22.3 Å². The summed E-state index contributed by atoms with van der Waals surface area (Å²) in [5.74, 6) is 2.60. The molecule has 23 heavy (non-hydrogen) atoms. The number of carbonyl (C=O) groups is 2. The van der Waals surface area contributed by atoms with Crippen molar-refractivity contribution in [2.45, 2.75) is 70.8 Å². The lowest BCUT2D eigenvalue weighted by atomic mass is 9.50. The van der Waals surface area contributed by atoms with Crippen molar-refractivity contribution < 1.29 is 14.7 Å². The van der Waals surface area contributed by atoms with Crippen LogP contribution in [0.4, 0.5) is 0 Å². The molecule has 3 saturated carbocycles. The first-order chi connectivity index (χ1) is 10.9. The zero-order valence-corrected chi connectivity index (χ0v) is 14.3. The summed E-state index contributed by atoms with van der Waals surface area (Å²) in [5.41, 5.74) is 0.0402. The summed E-state index contributed by atoms with van der Waals surface area (Å²) in [5, 5.41) is 11.1. The van der Waals surface area contributed by atoms with E-state index in [9.17, 15) is 14.7 Å². The Morgan fingerprint density at radius 2 is 1.91 bits per heavy atom. The molecule has 3 unspecified atom stereocenters. The summed E-state index contributed by atoms with van der Waals surface area (Å²) < 4.78 is 0. The van der Waals surface area contributed by atoms with Crippen LogP contribution in [0.5, 0.6) is 0 Å². The molecule has 0 bridgehead atoms. The first-order valence-corrected chi connectivity index (χ1v) is 9.33. The first-order valence-electron chi connectivity index (χ1n) is 9.33. The normalized spacial score (nSPS) is 49.0. The molecule has 4 rings (SSSR count). The summed E-state index contributed by atoms with van der Waals surface area (Å²) >= 11 is 0. The van der Waals surface area contributed by atoms with E-state index in [2.05, 4.69) is 6.92 Å². The predicted octanol–water partition coefficient (Wildman–Crippen LogP) is 3.45. The Hall–Kier alpha value is -0.960. The summed E-state index contributed by atoms with van der Waals surface area (Å²) in [6.07, 6.45) is 9.51. The molecule has 4 aliphatic rings. The van der Waals surface area contributed by atoms with Crippen molar-refractivity contribution in [2.75, 3.05) is 0 Å². The highest BCUT2D eigenvalue weighted by atomic mass is 16.3. The van der Waals surface area contributed by atoms with E-state index in [-0.39, 0.29) is 11.2 Å². The lowest BCUT2D eigenvalue weighted by molar-refractivity contribution is -0.157. The minimum absolute atomic E-state index is 0.0411. The van der Waals surface area contributed by atoms with E-state index in [1.165, 1.54) is 5.57 Å². The quantitative estimate of drug-likeness (QED) is 0.806. The molecule has 3 nitrogen and oxygen atoms in total. The maximum atomic E-state index is 12.2. The number of carbonyl (C=O) groups excluding carboxylic acids is 2. The number of allylic oxidation sites excluding steroid dienone is 1. The average molecular weight is 316 g/mol. The van der Waals surface area contributed by atoms with Crippen LogP contribution in [-0.2, 0) is 9.59 Å². The fourth-order valence-electron chi connectivity index (χ4n) is 6.78. The number of rotatable bonds is 1. The minimum atomic E-state index is -1.11. The van der Waals surface area contributed by atoms with Crippen LogP contribution in [0.1, 0.15) is 65.2 Å². The topological polar surface area (TPSA) is 54.4 Å². The van der Waals surface area contributed by atoms with Gasteiger partial charge < -0.3 is 5.11 Å². The SMILES string of the molecule is CC(=O)[C@]1(O)CCC2C3CCC4=CC(=O)CC[C@H]4C3CC[C@]21C. The van der Waals surface area contributed by atoms with Gasteiger partial charge in [0.25, 0.3) is 0 Å². The highest BCUT2D eigenvalue weighted by Gasteiger charge is 2.64. The molecule has 3 heteroatoms. The number of Topliss-reactive ketones (excluding diaryl/α,β-unsaturated/α-hetero) is 1. The molecule has 4 aliphatic carbocycles. The number of ketones is 2. The third kappa shape index (κ3) is 1.98. The van der Waals surface area contributed by atoms with Crippen LogP contribution >= 0.6 is 0 Å². The predicted molar refractivity (Wildman–Crippen MR) is 87.7 cm³/mol. The molecule has 0 amide bonds. The van der Waals surface area contributed by atoms with Gasteiger partial charge in [-0.25, -0.2) is 0 Å². The van der Waals surface area contributed by atoms with Gasteiger partial charge >= 0.3 is 0 Å². The minimum Gasteiger partial charge on any atom is -0.382 e. The Morgan fingerprint density at radius 3 is 2.65 bits per heavy atom. The van der Waals surface area contributed by atoms with Crippen molar-refractivity contribution in [1.82, 2.24) is 0 Å². The molecule has 0 radical (unpaired) electrons. The highest BCUT2D eigenvalue weighted by Crippen LogP contribution is 2.64. The van der Waals surface area contributed by atoms with Crippen LogP contribution in [0.15, 0.2) is 11.6 Å². The van der Waals surface area contributed by atoms with Crippen LogP contribution in [0.25, 0.3) is 0 Å². The van der Waals surface area contributed by atoms with Crippen LogP contribution in [0.2, 0.25) is 0 Å². The summed E-state index contributed by atoms with van der Waals surface area (Å²) in [6.45, 7) is 3.73. The van der Waals surface area contributed by atoms with Crippen molar-refractivity contribution in [2.24, 2.45) is 29.1 Å². The summed E-state index contributed by atoms with van der Waals surface area (Å²) in [6, 6.07) is 0. The van der Waals surface area contributed by atoms with Gasteiger partial charge in [0.1, 0.15) is 5.60 Å². The Kier molecular flexibility index (Phi) is 3.39. The molecule has 0 aromatic rings. The molecule has 0 aliphatic heterocycles. The smallest absolute Gasteiger partial charge is 0.161 e. The van der Waals surface area contributed by atoms with E-state index in [0.29, 0.717) is 42.3 Å². The van der Waals surface area contributed by atoms with Gasteiger partial charge in [0.2, 0.25) is 0 Å². The summed E-state index contributed by atoms with van der Waals surface area (Å²) in [4.78, 5) is 23.9. The molecule has 0 spiro atoms. The van der Waals surface area contributed by atoms with Crippen LogP contribution < -0.4 is 0 Å². The highest BCUT2D eigenvalue weighted by molar-refractivity contribution is 5.91. The van der Waals surface area contributed by atoms with E-state index in [4.69, 9.17) is 0 Å². The van der Waals surface area contributed by atoms with E-state index < -0.39 is 5.60 Å². The van der Waals surface area contributed by atoms with Crippen molar-refractivity contribution in [3.8, 4) is 0 Å². The molecular weight excluding hydrogens is 288 g/mol. The average Bonchev–Trinajstić information content (AvgIpc) is 2.80. The zero-order valence-electron chi connectivity index (χ0n) is 14.3. The molecule has 6 atom stereocenters. The van der Waals surface area contributed by atoms with Gasteiger partial charge in [-0.05, 0) is 81.6 Å². The lowest BCUT2D eigenvalue weighted by Gasteiger charge is -2.55. The zero-order chi connectivity index (χ0) is 16.4. The maximum absolute atomic E-state index is 12.2. The van der Waals surface area contributed by atoms with Gasteiger partial charge in [-0.15, -0.1) is 0 Å². The van der Waals surface area contributed by atoms with Crippen molar-refractivity contribution in [3.63, 3.8) is 0 Å². The monoisotopic (exact) mass is 316 g/mol. The fraction of sp³-hybridized carbons (Fsp3) is 0.800. The summed E-state index contributed by atoms with van der Waals surface area (Å²) in [7, 11) is 0. The van der Waals surface area contributed by atoms with Crippen LogP contribution in [0.3, 0.4) is 0 Å². The Labute approximate surface area is 138 Å². The lowest BCUT2D eigenvalue weighted by Crippen LogP contribution is -2.55. The number of hydrogen-bond acceptors (Lipinski definition) is 3. The van der Waals surface area contributed by atoms with Crippen molar-refractivity contribution in [3.05, 3.63) is 11.6 Å². The molecule has 126 valence electrons. The van der Waals surface area contributed by atoms with Gasteiger partial charge in [0.15, 0.2) is 11.6 Å². The van der Waals surface area contributed by atoms with Gasteiger partial charge in [-0.2, -0.15) is 0 Å². The van der Waals surface area contributed by atoms with Crippen molar-refractivity contribution >= 4 is 11.6 Å². The second-order valence-electron chi connectivity index (χ2n) is 8.71. The third-order valence-corrected chi connectivity index (χ3v) is 8.03. The second kappa shape index (κ2) is 5.02. The third-order valence-electron chi connectivity index (χ3n) is 8.03. The van der Waals surface area contributed by atoms with E-state index in [1.807, 2.05) is 6.08 Å². The van der Waals surface area contributed by atoms with Gasteiger partial charge in [0.05, 0.1) is 0 Å². The van der Waals surface area contributed by atoms with Crippen molar-refractivity contribution in [1.29, 1.82) is 0 Å². The number of aliphatic hydroxyl groups is 1. The van der Waals surface area contributed by atoms with E-state index in [0.717, 1.165) is 38.5 Å². The number of hydrogen-bond donors (Lipinski definition) is 1. The molecule has 0 aromatic heterocycles. The molecule has 0 saturated heterocycles. The molecule has 1 N–H and O–H groups in total. The standard InChI is InChI=1S/C20H28O3/c1-12(21)20(23)10-8-18-17-5-3-13-11-14(22)4-6-15(13)16(17)7-9-19(18,20)2/h11,15-18,23H,3-10H2,1-2H3/t15-,16?,17?,18?,19-,20-/m1/s1. The Balaban J connectivity index is 1.65. The molecule has 0 heterocycles. The van der Waals surface area contributed by atoms with Gasteiger partial charge in [-0.1, -0.05) is 12.5 Å². The Morgan fingerprint density at radius 1 is 1.13 bits per heavy atom. The van der Waals surface area contributed by atoms with Crippen LogP contribution in [0, 0.1) is 29.1 Å². The maximum Gasteiger partial charge on any atom is 0.161 e. The van der Waals surface area contributed by atoms with E-state index >= 15 is 0 Å². The van der Waals surface area contributed by atoms with Gasteiger partial charge in [-0.3, -0.25) is 9.59 Å². The largest absolute Gasteiger partial charge is 0.382 e. The fourth-order valence-corrected chi connectivity index (χ4v) is 6.78. The van der Waals surface area contributed by atoms with Gasteiger partial charge in [0, 0.05) is 11.8 Å².